The minimum Gasteiger partial charge on any atom is -0.171 e. The van der Waals surface area contributed by atoms with Gasteiger partial charge in [0, 0.05) is 5.92 Å². The highest BCUT2D eigenvalue weighted by atomic mass is 35.5. The van der Waals surface area contributed by atoms with E-state index in [0.29, 0.717) is 22.9 Å². The molecule has 1 heterocycles. The minimum atomic E-state index is -4.14. The topological polar surface area (TPSA) is 25.8 Å². The summed E-state index contributed by atoms with van der Waals surface area (Å²) in [6, 6.07) is 0. The van der Waals surface area contributed by atoms with Gasteiger partial charge in [-0.15, -0.1) is 21.8 Å². The average molecular weight is 285 g/mol. The summed E-state index contributed by atoms with van der Waals surface area (Å²) >= 11 is 6.80. The lowest BCUT2D eigenvalue weighted by molar-refractivity contribution is -0.187. The average Bonchev–Trinajstić information content (AvgIpc) is 2.76. The summed E-state index contributed by atoms with van der Waals surface area (Å²) in [6.45, 7) is 0. The zero-order valence-electron chi connectivity index (χ0n) is 9.00. The molecule has 17 heavy (non-hydrogen) atoms. The second-order valence-electron chi connectivity index (χ2n) is 4.21. The number of rotatable bonds is 2. The van der Waals surface area contributed by atoms with Crippen LogP contribution in [0.3, 0.4) is 0 Å². The highest BCUT2D eigenvalue weighted by molar-refractivity contribution is 7.11. The maximum Gasteiger partial charge on any atom is 0.392 e. The van der Waals surface area contributed by atoms with Crippen LogP contribution in [0.4, 0.5) is 13.2 Å². The lowest BCUT2D eigenvalue weighted by Crippen LogP contribution is -2.31. The van der Waals surface area contributed by atoms with Crippen LogP contribution < -0.4 is 0 Å². The van der Waals surface area contributed by atoms with Gasteiger partial charge < -0.3 is 0 Å². The Morgan fingerprint density at radius 1 is 1.24 bits per heavy atom. The number of nitrogens with zero attached hydrogens (tertiary/aromatic N) is 2. The number of alkyl halides is 4. The molecule has 2 atom stereocenters. The largest absolute Gasteiger partial charge is 0.392 e. The van der Waals surface area contributed by atoms with Crippen molar-refractivity contribution in [2.75, 3.05) is 0 Å². The molecule has 0 amide bonds. The third kappa shape index (κ3) is 2.91. The highest BCUT2D eigenvalue weighted by Gasteiger charge is 2.47. The normalized spacial score (nSPS) is 26.1. The molecule has 0 aliphatic heterocycles. The molecule has 2 nitrogen and oxygen atoms in total. The maximum absolute atomic E-state index is 12.9. The summed E-state index contributed by atoms with van der Waals surface area (Å²) in [7, 11) is 0. The zero-order valence-corrected chi connectivity index (χ0v) is 10.6. The van der Waals surface area contributed by atoms with Gasteiger partial charge in [0.05, 0.1) is 11.8 Å². The Morgan fingerprint density at radius 3 is 2.53 bits per heavy atom. The van der Waals surface area contributed by atoms with Crippen LogP contribution in [0.25, 0.3) is 0 Å². The van der Waals surface area contributed by atoms with Crippen molar-refractivity contribution in [1.29, 1.82) is 0 Å². The molecule has 0 spiro atoms. The molecule has 1 aliphatic rings. The fourth-order valence-corrected chi connectivity index (χ4v) is 3.40. The number of hydrogen-bond acceptors (Lipinski definition) is 3. The van der Waals surface area contributed by atoms with Crippen LogP contribution in [-0.4, -0.2) is 16.4 Å². The maximum atomic E-state index is 12.9. The SMILES string of the molecule is FC(F)(F)C1CCCCC1c1nnc(CCl)s1. The summed E-state index contributed by atoms with van der Waals surface area (Å²) in [5.41, 5.74) is 0. The van der Waals surface area contributed by atoms with Crippen molar-refractivity contribution in [2.45, 2.75) is 43.7 Å². The molecule has 1 saturated carbocycles. The molecule has 0 N–H and O–H groups in total. The Kier molecular flexibility index (Phi) is 3.92. The summed E-state index contributed by atoms with van der Waals surface area (Å²) < 4.78 is 38.7. The van der Waals surface area contributed by atoms with Crippen molar-refractivity contribution in [3.05, 3.63) is 10.0 Å². The molecule has 1 aliphatic carbocycles. The lowest BCUT2D eigenvalue weighted by atomic mass is 9.79. The third-order valence-corrected chi connectivity index (χ3v) is 4.57. The lowest BCUT2D eigenvalue weighted by Gasteiger charge is -2.31. The van der Waals surface area contributed by atoms with E-state index < -0.39 is 18.0 Å². The van der Waals surface area contributed by atoms with E-state index in [1.807, 2.05) is 0 Å². The molecule has 7 heteroatoms. The van der Waals surface area contributed by atoms with E-state index in [-0.39, 0.29) is 12.3 Å². The van der Waals surface area contributed by atoms with Crippen LogP contribution in [-0.2, 0) is 5.88 Å². The van der Waals surface area contributed by atoms with Gasteiger partial charge in [0.15, 0.2) is 0 Å². The van der Waals surface area contributed by atoms with Crippen LogP contribution in [0.15, 0.2) is 0 Å². The molecule has 0 saturated heterocycles. The van der Waals surface area contributed by atoms with Gasteiger partial charge in [-0.05, 0) is 12.8 Å². The first-order valence-electron chi connectivity index (χ1n) is 5.47. The number of hydrogen-bond donors (Lipinski definition) is 0. The van der Waals surface area contributed by atoms with E-state index in [4.69, 9.17) is 11.6 Å². The first-order valence-corrected chi connectivity index (χ1v) is 6.82. The van der Waals surface area contributed by atoms with E-state index >= 15 is 0 Å². The summed E-state index contributed by atoms with van der Waals surface area (Å²) in [5, 5.41) is 8.73. The van der Waals surface area contributed by atoms with Gasteiger partial charge >= 0.3 is 6.18 Å². The Balaban J connectivity index is 2.21. The van der Waals surface area contributed by atoms with E-state index in [1.165, 1.54) is 11.3 Å². The number of aromatic nitrogens is 2. The monoisotopic (exact) mass is 284 g/mol. The second kappa shape index (κ2) is 5.10. The van der Waals surface area contributed by atoms with E-state index in [9.17, 15) is 13.2 Å². The molecule has 1 aromatic rings. The van der Waals surface area contributed by atoms with Gasteiger partial charge in [0.2, 0.25) is 0 Å². The molecule has 1 fully saturated rings. The van der Waals surface area contributed by atoms with Gasteiger partial charge in [0.1, 0.15) is 10.0 Å². The summed E-state index contributed by atoms with van der Waals surface area (Å²) in [4.78, 5) is 0. The van der Waals surface area contributed by atoms with E-state index in [1.54, 1.807) is 0 Å². The predicted octanol–water partition coefficient (Wildman–Crippen LogP) is 4.11. The molecule has 0 aromatic carbocycles. The van der Waals surface area contributed by atoms with Gasteiger partial charge in [-0.1, -0.05) is 24.2 Å². The predicted molar refractivity (Wildman–Crippen MR) is 60.2 cm³/mol. The zero-order chi connectivity index (χ0) is 12.5. The molecule has 1 aromatic heterocycles. The van der Waals surface area contributed by atoms with Gasteiger partial charge in [-0.2, -0.15) is 13.2 Å². The first-order chi connectivity index (χ1) is 8.02. The van der Waals surface area contributed by atoms with Crippen molar-refractivity contribution in [2.24, 2.45) is 5.92 Å². The standard InChI is InChI=1S/C10H12ClF3N2S/c11-5-8-15-16-9(17-8)6-3-1-2-4-7(6)10(12,13)14/h6-7H,1-5H2. The molecule has 2 unspecified atom stereocenters. The highest BCUT2D eigenvalue weighted by Crippen LogP contribution is 2.46. The fraction of sp³-hybridized carbons (Fsp3) is 0.800. The molecule has 2 rings (SSSR count). The Labute approximate surface area is 106 Å². The Hall–Kier alpha value is -0.360. The van der Waals surface area contributed by atoms with Gasteiger partial charge in [-0.25, -0.2) is 0 Å². The fourth-order valence-electron chi connectivity index (χ4n) is 2.29. The van der Waals surface area contributed by atoms with Crippen LogP contribution >= 0.6 is 22.9 Å². The van der Waals surface area contributed by atoms with E-state index in [0.717, 1.165) is 6.42 Å². The summed E-state index contributed by atoms with van der Waals surface area (Å²) in [6.07, 6.45) is -1.93. The molecule has 0 radical (unpaired) electrons. The van der Waals surface area contributed by atoms with Crippen molar-refractivity contribution in [1.82, 2.24) is 10.2 Å². The van der Waals surface area contributed by atoms with Crippen molar-refractivity contribution in [3.63, 3.8) is 0 Å². The third-order valence-electron chi connectivity index (χ3n) is 3.10. The quantitative estimate of drug-likeness (QED) is 0.764. The molecular weight excluding hydrogens is 273 g/mol. The molecule has 0 bridgehead atoms. The van der Waals surface area contributed by atoms with Crippen LogP contribution in [0.5, 0.6) is 0 Å². The number of halogens is 4. The second-order valence-corrected chi connectivity index (χ2v) is 5.57. The van der Waals surface area contributed by atoms with Crippen molar-refractivity contribution < 1.29 is 13.2 Å². The van der Waals surface area contributed by atoms with Gasteiger partial charge in [0.25, 0.3) is 0 Å². The Bertz CT molecular complexity index is 380. The Morgan fingerprint density at radius 2 is 1.94 bits per heavy atom. The smallest absolute Gasteiger partial charge is 0.171 e. The van der Waals surface area contributed by atoms with Crippen LogP contribution in [0.2, 0.25) is 0 Å². The summed E-state index contributed by atoms with van der Waals surface area (Å²) in [5.74, 6) is -1.59. The minimum absolute atomic E-state index is 0.198. The van der Waals surface area contributed by atoms with Crippen LogP contribution in [0.1, 0.15) is 41.6 Å². The van der Waals surface area contributed by atoms with E-state index in [2.05, 4.69) is 10.2 Å². The molecular formula is C10H12ClF3N2S. The molecule has 96 valence electrons. The van der Waals surface area contributed by atoms with Gasteiger partial charge in [-0.3, -0.25) is 0 Å². The first kappa shape index (κ1) is 13.1. The van der Waals surface area contributed by atoms with Crippen molar-refractivity contribution >= 4 is 22.9 Å². The van der Waals surface area contributed by atoms with Crippen molar-refractivity contribution in [3.8, 4) is 0 Å². The van der Waals surface area contributed by atoms with Crippen LogP contribution in [0, 0.1) is 5.92 Å².